The Kier molecular flexibility index (Phi) is 6.76. The summed E-state index contributed by atoms with van der Waals surface area (Å²) in [5.41, 5.74) is 0. The van der Waals surface area contributed by atoms with Crippen LogP contribution >= 0.6 is 23.7 Å². The fourth-order valence-electron chi connectivity index (χ4n) is 2.24. The molecule has 1 N–H and O–H groups in total. The molecule has 0 radical (unpaired) electrons. The molecule has 0 saturated carbocycles. The predicted octanol–water partition coefficient (Wildman–Crippen LogP) is 2.18. The lowest BCUT2D eigenvalue weighted by atomic mass is 9.98. The van der Waals surface area contributed by atoms with Gasteiger partial charge in [-0.05, 0) is 43.3 Å². The molecule has 2 heterocycles. The van der Waals surface area contributed by atoms with Gasteiger partial charge in [0.2, 0.25) is 0 Å². The highest BCUT2D eigenvalue weighted by atomic mass is 35.5. The van der Waals surface area contributed by atoms with Crippen molar-refractivity contribution in [1.82, 2.24) is 9.62 Å². The summed E-state index contributed by atoms with van der Waals surface area (Å²) in [7, 11) is -3.23. The van der Waals surface area contributed by atoms with Crippen LogP contribution in [0.15, 0.2) is 21.7 Å². The molecule has 0 aliphatic carbocycles. The molecule has 110 valence electrons. The quantitative estimate of drug-likeness (QED) is 0.903. The lowest BCUT2D eigenvalue weighted by Crippen LogP contribution is -2.40. The number of sulfonamides is 1. The Bertz CT molecular complexity index is 454. The van der Waals surface area contributed by atoms with E-state index < -0.39 is 10.0 Å². The summed E-state index contributed by atoms with van der Waals surface area (Å²) in [5.74, 6) is 0.611. The molecule has 2 rings (SSSR count). The Morgan fingerprint density at radius 3 is 2.63 bits per heavy atom. The molecule has 0 aromatic carbocycles. The molecule has 0 unspecified atom stereocenters. The van der Waals surface area contributed by atoms with Crippen LogP contribution in [0.1, 0.15) is 19.8 Å². The maximum absolute atomic E-state index is 12.3. The van der Waals surface area contributed by atoms with Crippen molar-refractivity contribution in [2.45, 2.75) is 24.0 Å². The fraction of sp³-hybridized carbons (Fsp3) is 0.667. The zero-order chi connectivity index (χ0) is 13.0. The van der Waals surface area contributed by atoms with E-state index in [4.69, 9.17) is 0 Å². The van der Waals surface area contributed by atoms with Gasteiger partial charge in [-0.2, -0.15) is 4.31 Å². The van der Waals surface area contributed by atoms with Crippen LogP contribution in [0.4, 0.5) is 0 Å². The standard InChI is InChI=1S/C12H20N2O2S2.ClH/c1-2-13-10-11-5-7-14(8-6-11)18(15,16)12-4-3-9-17-12;/h3-4,9,11,13H,2,5-8,10H2,1H3;1H. The van der Waals surface area contributed by atoms with Crippen molar-refractivity contribution in [3.8, 4) is 0 Å². The first kappa shape index (κ1) is 16.9. The molecule has 0 amide bonds. The highest BCUT2D eigenvalue weighted by Crippen LogP contribution is 2.25. The van der Waals surface area contributed by atoms with Gasteiger partial charge in [0, 0.05) is 13.1 Å². The summed E-state index contributed by atoms with van der Waals surface area (Å²) in [6.07, 6.45) is 1.91. The number of halogens is 1. The average molecular weight is 325 g/mol. The second kappa shape index (κ2) is 7.59. The van der Waals surface area contributed by atoms with Gasteiger partial charge in [-0.25, -0.2) is 8.42 Å². The van der Waals surface area contributed by atoms with Crippen LogP contribution in [0, 0.1) is 5.92 Å². The molecule has 4 nitrogen and oxygen atoms in total. The number of nitrogens with one attached hydrogen (secondary N) is 1. The Morgan fingerprint density at radius 2 is 2.11 bits per heavy atom. The molecule has 1 saturated heterocycles. The molecular weight excluding hydrogens is 304 g/mol. The Labute approximate surface area is 125 Å². The highest BCUT2D eigenvalue weighted by Gasteiger charge is 2.29. The summed E-state index contributed by atoms with van der Waals surface area (Å²) < 4.78 is 26.7. The number of nitrogens with zero attached hydrogens (tertiary/aromatic N) is 1. The largest absolute Gasteiger partial charge is 0.317 e. The third-order valence-corrected chi connectivity index (χ3v) is 6.62. The van der Waals surface area contributed by atoms with Crippen LogP contribution < -0.4 is 5.32 Å². The second-order valence-corrected chi connectivity index (χ2v) is 7.70. The van der Waals surface area contributed by atoms with E-state index in [9.17, 15) is 8.42 Å². The zero-order valence-electron chi connectivity index (χ0n) is 11.0. The normalized spacial score (nSPS) is 18.2. The van der Waals surface area contributed by atoms with Crippen molar-refractivity contribution in [2.24, 2.45) is 5.92 Å². The monoisotopic (exact) mass is 324 g/mol. The van der Waals surface area contributed by atoms with E-state index in [1.807, 2.05) is 5.38 Å². The molecule has 7 heteroatoms. The maximum atomic E-state index is 12.3. The Hall–Kier alpha value is -0.140. The van der Waals surface area contributed by atoms with Gasteiger partial charge in [0.1, 0.15) is 4.21 Å². The van der Waals surface area contributed by atoms with Crippen LogP contribution in [0.25, 0.3) is 0 Å². The zero-order valence-corrected chi connectivity index (χ0v) is 13.5. The first-order valence-corrected chi connectivity index (χ1v) is 8.71. The molecule has 1 aromatic heterocycles. The van der Waals surface area contributed by atoms with E-state index in [0.29, 0.717) is 23.2 Å². The third kappa shape index (κ3) is 4.16. The number of thiophene rings is 1. The summed E-state index contributed by atoms with van der Waals surface area (Å²) in [6.45, 7) is 5.38. The molecule has 19 heavy (non-hydrogen) atoms. The summed E-state index contributed by atoms with van der Waals surface area (Å²) in [5, 5.41) is 5.14. The third-order valence-electron chi connectivity index (χ3n) is 3.35. The van der Waals surface area contributed by atoms with Crippen LogP contribution in [-0.4, -0.2) is 38.9 Å². The minimum absolute atomic E-state index is 0. The van der Waals surface area contributed by atoms with Crippen molar-refractivity contribution in [2.75, 3.05) is 26.2 Å². The van der Waals surface area contributed by atoms with Crippen LogP contribution in [-0.2, 0) is 10.0 Å². The predicted molar refractivity (Wildman–Crippen MR) is 81.6 cm³/mol. The number of piperidine rings is 1. The van der Waals surface area contributed by atoms with E-state index in [1.54, 1.807) is 16.4 Å². The molecule has 1 aromatic rings. The van der Waals surface area contributed by atoms with Gasteiger partial charge in [0.25, 0.3) is 10.0 Å². The SMILES string of the molecule is CCNCC1CCN(S(=O)(=O)c2cccs2)CC1.Cl. The van der Waals surface area contributed by atoms with Crippen molar-refractivity contribution in [3.05, 3.63) is 17.5 Å². The topological polar surface area (TPSA) is 49.4 Å². The van der Waals surface area contributed by atoms with Gasteiger partial charge in [0.15, 0.2) is 0 Å². The molecule has 0 spiro atoms. The van der Waals surface area contributed by atoms with E-state index in [-0.39, 0.29) is 12.4 Å². The van der Waals surface area contributed by atoms with Gasteiger partial charge >= 0.3 is 0 Å². The minimum atomic E-state index is -3.23. The van der Waals surface area contributed by atoms with Crippen molar-refractivity contribution < 1.29 is 8.42 Å². The highest BCUT2D eigenvalue weighted by molar-refractivity contribution is 7.91. The van der Waals surface area contributed by atoms with Crippen molar-refractivity contribution in [1.29, 1.82) is 0 Å². The van der Waals surface area contributed by atoms with E-state index in [0.717, 1.165) is 25.9 Å². The molecule has 0 bridgehead atoms. The van der Waals surface area contributed by atoms with E-state index >= 15 is 0 Å². The maximum Gasteiger partial charge on any atom is 0.252 e. The van der Waals surface area contributed by atoms with Crippen LogP contribution in [0.3, 0.4) is 0 Å². The van der Waals surface area contributed by atoms with Gasteiger partial charge in [-0.1, -0.05) is 13.0 Å². The van der Waals surface area contributed by atoms with Gasteiger partial charge in [-0.15, -0.1) is 23.7 Å². The van der Waals surface area contributed by atoms with E-state index in [1.165, 1.54) is 11.3 Å². The first-order valence-electron chi connectivity index (χ1n) is 6.39. The van der Waals surface area contributed by atoms with Gasteiger partial charge in [-0.3, -0.25) is 0 Å². The van der Waals surface area contributed by atoms with Crippen LogP contribution in [0.2, 0.25) is 0 Å². The fourth-order valence-corrected chi connectivity index (χ4v) is 4.85. The minimum Gasteiger partial charge on any atom is -0.317 e. The van der Waals surface area contributed by atoms with Crippen molar-refractivity contribution in [3.63, 3.8) is 0 Å². The van der Waals surface area contributed by atoms with Crippen molar-refractivity contribution >= 4 is 33.8 Å². The lowest BCUT2D eigenvalue weighted by molar-refractivity contribution is 0.269. The summed E-state index contributed by atoms with van der Waals surface area (Å²) >= 11 is 1.30. The van der Waals surface area contributed by atoms with Gasteiger partial charge in [0.05, 0.1) is 0 Å². The number of hydrogen-bond donors (Lipinski definition) is 1. The smallest absolute Gasteiger partial charge is 0.252 e. The Morgan fingerprint density at radius 1 is 1.42 bits per heavy atom. The summed E-state index contributed by atoms with van der Waals surface area (Å²) in [6, 6.07) is 3.47. The number of hydrogen-bond acceptors (Lipinski definition) is 4. The van der Waals surface area contributed by atoms with Crippen LogP contribution in [0.5, 0.6) is 0 Å². The second-order valence-electron chi connectivity index (χ2n) is 4.59. The Balaban J connectivity index is 0.00000180. The molecule has 1 aliphatic heterocycles. The number of rotatable bonds is 5. The van der Waals surface area contributed by atoms with Gasteiger partial charge < -0.3 is 5.32 Å². The molecule has 0 atom stereocenters. The molecule has 1 aliphatic rings. The lowest BCUT2D eigenvalue weighted by Gasteiger charge is -2.30. The average Bonchev–Trinajstić information content (AvgIpc) is 2.91. The molecule has 1 fully saturated rings. The molecular formula is C12H21ClN2O2S2. The first-order chi connectivity index (χ1) is 8.64. The summed E-state index contributed by atoms with van der Waals surface area (Å²) in [4.78, 5) is 0. The van der Waals surface area contributed by atoms with E-state index in [2.05, 4.69) is 12.2 Å².